The lowest BCUT2D eigenvalue weighted by molar-refractivity contribution is 0.306. The van der Waals surface area contributed by atoms with E-state index in [1.165, 1.54) is 22.9 Å². The van der Waals surface area contributed by atoms with Gasteiger partial charge in [-0.1, -0.05) is 49.4 Å². The summed E-state index contributed by atoms with van der Waals surface area (Å²) < 4.78 is 5.77. The second kappa shape index (κ2) is 8.39. The van der Waals surface area contributed by atoms with Gasteiger partial charge in [0.25, 0.3) is 0 Å². The van der Waals surface area contributed by atoms with Crippen LogP contribution in [0.25, 0.3) is 0 Å². The second-order valence-electron chi connectivity index (χ2n) is 5.13. The monoisotopic (exact) mass is 297 g/mol. The van der Waals surface area contributed by atoms with Crippen molar-refractivity contribution < 1.29 is 4.74 Å². The molecule has 0 aliphatic heterocycles. The van der Waals surface area contributed by atoms with Crippen molar-refractivity contribution in [2.75, 3.05) is 5.75 Å². The van der Waals surface area contributed by atoms with Crippen molar-refractivity contribution in [2.45, 2.75) is 20.0 Å². The first-order valence-electron chi connectivity index (χ1n) is 7.04. The van der Waals surface area contributed by atoms with Crippen LogP contribution in [-0.4, -0.2) is 5.75 Å². The number of thiocyanates is 1. The van der Waals surface area contributed by atoms with E-state index in [1.54, 1.807) is 0 Å². The molecule has 0 aliphatic rings. The van der Waals surface area contributed by atoms with Gasteiger partial charge in [-0.05, 0) is 47.4 Å². The molecule has 0 fully saturated rings. The highest BCUT2D eigenvalue weighted by Gasteiger charge is 2.04. The van der Waals surface area contributed by atoms with Gasteiger partial charge in [-0.15, -0.1) is 0 Å². The highest BCUT2D eigenvalue weighted by Crippen LogP contribution is 2.18. The minimum atomic E-state index is 0.505. The lowest BCUT2D eigenvalue weighted by Gasteiger charge is -2.10. The molecule has 0 aromatic heterocycles. The van der Waals surface area contributed by atoms with Crippen LogP contribution in [0.1, 0.15) is 18.1 Å². The molecule has 0 N–H and O–H groups in total. The number of hydrogen-bond donors (Lipinski definition) is 0. The fraction of sp³-hybridized carbons (Fsp3) is 0.278. The van der Waals surface area contributed by atoms with Crippen LogP contribution in [0, 0.1) is 16.6 Å². The SMILES string of the molecule is CC(CSC#N)Cc1ccc(OCc2ccccc2)cc1. The summed E-state index contributed by atoms with van der Waals surface area (Å²) in [5.41, 5.74) is 2.46. The largest absolute Gasteiger partial charge is 0.489 e. The zero-order valence-electron chi connectivity index (χ0n) is 12.2. The van der Waals surface area contributed by atoms with Crippen LogP contribution < -0.4 is 4.74 Å². The summed E-state index contributed by atoms with van der Waals surface area (Å²) in [4.78, 5) is 0. The Morgan fingerprint density at radius 2 is 1.76 bits per heavy atom. The van der Waals surface area contributed by atoms with Crippen molar-refractivity contribution in [3.8, 4) is 11.2 Å². The lowest BCUT2D eigenvalue weighted by Crippen LogP contribution is -2.02. The summed E-state index contributed by atoms with van der Waals surface area (Å²) in [6.07, 6.45) is 0.994. The first kappa shape index (κ1) is 15.5. The fourth-order valence-corrected chi connectivity index (χ4v) is 2.58. The number of hydrogen-bond acceptors (Lipinski definition) is 3. The Kier molecular flexibility index (Phi) is 6.18. The quantitative estimate of drug-likeness (QED) is 0.697. The van der Waals surface area contributed by atoms with E-state index >= 15 is 0 Å². The predicted molar refractivity (Wildman–Crippen MR) is 88.2 cm³/mol. The van der Waals surface area contributed by atoms with Gasteiger partial charge >= 0.3 is 0 Å². The van der Waals surface area contributed by atoms with Crippen LogP contribution in [-0.2, 0) is 13.0 Å². The van der Waals surface area contributed by atoms with Gasteiger partial charge < -0.3 is 4.74 Å². The van der Waals surface area contributed by atoms with Gasteiger partial charge in [0.05, 0.1) is 0 Å². The second-order valence-corrected chi connectivity index (χ2v) is 5.93. The number of nitrogens with zero attached hydrogens (tertiary/aromatic N) is 1. The first-order valence-corrected chi connectivity index (χ1v) is 8.03. The molecule has 0 aliphatic carbocycles. The van der Waals surface area contributed by atoms with Crippen molar-refractivity contribution in [1.82, 2.24) is 0 Å². The maximum atomic E-state index is 8.57. The van der Waals surface area contributed by atoms with Crippen molar-refractivity contribution in [3.63, 3.8) is 0 Å². The molecule has 0 spiro atoms. The van der Waals surface area contributed by atoms with E-state index in [-0.39, 0.29) is 0 Å². The number of ether oxygens (including phenoxy) is 1. The van der Waals surface area contributed by atoms with Crippen molar-refractivity contribution in [1.29, 1.82) is 5.26 Å². The molecule has 2 nitrogen and oxygen atoms in total. The molecule has 0 radical (unpaired) electrons. The van der Waals surface area contributed by atoms with E-state index in [2.05, 4.69) is 36.6 Å². The van der Waals surface area contributed by atoms with Crippen LogP contribution in [0.3, 0.4) is 0 Å². The number of thioether (sulfide) groups is 1. The van der Waals surface area contributed by atoms with Crippen LogP contribution in [0.2, 0.25) is 0 Å². The van der Waals surface area contributed by atoms with Crippen LogP contribution >= 0.6 is 11.8 Å². The molecule has 2 rings (SSSR count). The highest BCUT2D eigenvalue weighted by atomic mass is 32.2. The first-order chi connectivity index (χ1) is 10.3. The Morgan fingerprint density at radius 1 is 1.05 bits per heavy atom. The summed E-state index contributed by atoms with van der Waals surface area (Å²) in [7, 11) is 0. The fourth-order valence-electron chi connectivity index (χ4n) is 2.10. The van der Waals surface area contributed by atoms with Gasteiger partial charge in [0.15, 0.2) is 0 Å². The third kappa shape index (κ3) is 5.53. The molecule has 0 saturated carbocycles. The lowest BCUT2D eigenvalue weighted by atomic mass is 10.0. The zero-order valence-corrected chi connectivity index (χ0v) is 13.0. The minimum Gasteiger partial charge on any atom is -0.489 e. The molecule has 0 heterocycles. The van der Waals surface area contributed by atoms with Crippen LogP contribution in [0.15, 0.2) is 54.6 Å². The van der Waals surface area contributed by atoms with E-state index in [1.807, 2.05) is 30.3 Å². The molecular formula is C18H19NOS. The molecule has 108 valence electrons. The maximum Gasteiger partial charge on any atom is 0.133 e. The molecular weight excluding hydrogens is 278 g/mol. The molecule has 3 heteroatoms. The van der Waals surface area contributed by atoms with Gasteiger partial charge in [0.2, 0.25) is 0 Å². The zero-order chi connectivity index (χ0) is 14.9. The van der Waals surface area contributed by atoms with Gasteiger partial charge in [0.1, 0.15) is 17.8 Å². The van der Waals surface area contributed by atoms with E-state index < -0.39 is 0 Å². The Labute approximate surface area is 130 Å². The molecule has 2 aromatic rings. The summed E-state index contributed by atoms with van der Waals surface area (Å²) in [6, 6.07) is 18.4. The van der Waals surface area contributed by atoms with E-state index in [9.17, 15) is 0 Å². The average molecular weight is 297 g/mol. The smallest absolute Gasteiger partial charge is 0.133 e. The Balaban J connectivity index is 1.83. The molecule has 21 heavy (non-hydrogen) atoms. The Morgan fingerprint density at radius 3 is 2.43 bits per heavy atom. The molecule has 1 unspecified atom stereocenters. The molecule has 2 aromatic carbocycles. The molecule has 0 amide bonds. The third-order valence-corrected chi connectivity index (χ3v) is 4.05. The topological polar surface area (TPSA) is 33.0 Å². The van der Waals surface area contributed by atoms with Gasteiger partial charge in [-0.25, -0.2) is 0 Å². The van der Waals surface area contributed by atoms with Crippen molar-refractivity contribution in [2.24, 2.45) is 5.92 Å². The minimum absolute atomic E-state index is 0.505. The Bertz CT molecular complexity index is 574. The van der Waals surface area contributed by atoms with Crippen LogP contribution in [0.4, 0.5) is 0 Å². The van der Waals surface area contributed by atoms with Crippen LogP contribution in [0.5, 0.6) is 5.75 Å². The van der Waals surface area contributed by atoms with Gasteiger partial charge in [0, 0.05) is 5.75 Å². The summed E-state index contributed by atoms with van der Waals surface area (Å²) in [5.74, 6) is 2.27. The van der Waals surface area contributed by atoms with E-state index in [0.717, 1.165) is 17.9 Å². The maximum absolute atomic E-state index is 8.57. The number of rotatable bonds is 7. The standard InChI is InChI=1S/C18H19NOS/c1-15(13-21-14-19)11-16-7-9-18(10-8-16)20-12-17-5-3-2-4-6-17/h2-10,15H,11-13H2,1H3. The number of nitriles is 1. The van der Waals surface area contributed by atoms with E-state index in [0.29, 0.717) is 12.5 Å². The highest BCUT2D eigenvalue weighted by molar-refractivity contribution is 8.03. The van der Waals surface area contributed by atoms with Gasteiger partial charge in [-0.3, -0.25) is 0 Å². The normalized spacial score (nSPS) is 11.6. The molecule has 0 bridgehead atoms. The summed E-state index contributed by atoms with van der Waals surface area (Å²) >= 11 is 1.33. The Hall–Kier alpha value is -1.92. The third-order valence-electron chi connectivity index (χ3n) is 3.19. The number of benzene rings is 2. The van der Waals surface area contributed by atoms with E-state index in [4.69, 9.17) is 10.00 Å². The van der Waals surface area contributed by atoms with Gasteiger partial charge in [-0.2, -0.15) is 5.26 Å². The van der Waals surface area contributed by atoms with Crippen molar-refractivity contribution >= 4 is 11.8 Å². The molecule has 0 saturated heterocycles. The summed E-state index contributed by atoms with van der Waals surface area (Å²) in [5, 5.41) is 10.7. The molecule has 1 atom stereocenters. The van der Waals surface area contributed by atoms with Crippen molar-refractivity contribution in [3.05, 3.63) is 65.7 Å². The average Bonchev–Trinajstić information content (AvgIpc) is 2.53. The summed E-state index contributed by atoms with van der Waals surface area (Å²) in [6.45, 7) is 2.76. The predicted octanol–water partition coefficient (Wildman–Crippen LogP) is 4.66.